The molecule has 0 aliphatic carbocycles. The van der Waals surface area contributed by atoms with Crippen LogP contribution in [-0.4, -0.2) is 0 Å². The Labute approximate surface area is 69.9 Å². The third-order valence-electron chi connectivity index (χ3n) is 1.33. The van der Waals surface area contributed by atoms with Gasteiger partial charge in [-0.1, -0.05) is 0 Å². The fourth-order valence-corrected chi connectivity index (χ4v) is 0.791. The van der Waals surface area contributed by atoms with Gasteiger partial charge in [0.25, 0.3) is 0 Å². The van der Waals surface area contributed by atoms with Crippen molar-refractivity contribution in [1.82, 2.24) is 0 Å². The Hall–Kier alpha value is -1.71. The highest BCUT2D eigenvalue weighted by Gasteiger charge is 1.98. The van der Waals surface area contributed by atoms with Crippen LogP contribution in [0.2, 0.25) is 0 Å². The highest BCUT2D eigenvalue weighted by atomic mass is 19.1. The van der Waals surface area contributed by atoms with Crippen molar-refractivity contribution in [2.45, 2.75) is 0 Å². The van der Waals surface area contributed by atoms with Crippen molar-refractivity contribution in [2.24, 2.45) is 5.73 Å². The van der Waals surface area contributed by atoms with Crippen LogP contribution >= 0.6 is 0 Å². The van der Waals surface area contributed by atoms with Crippen LogP contribution in [0.1, 0.15) is 0 Å². The van der Waals surface area contributed by atoms with Crippen molar-refractivity contribution < 1.29 is 4.39 Å². The van der Waals surface area contributed by atoms with E-state index in [0.29, 0.717) is 11.4 Å². The molecule has 0 saturated heterocycles. The standard InChI is InChI=1S/C8H10FN3/c9-7-2-1-6(11)5-8(7)12-4-3-10/h1-5,12H,10-11H2/b4-3-. The summed E-state index contributed by atoms with van der Waals surface area (Å²) in [5, 5.41) is 2.64. The number of nitrogens with one attached hydrogen (secondary N) is 1. The van der Waals surface area contributed by atoms with Gasteiger partial charge in [0.1, 0.15) is 5.82 Å². The minimum atomic E-state index is -0.359. The number of anilines is 2. The van der Waals surface area contributed by atoms with E-state index in [9.17, 15) is 4.39 Å². The smallest absolute Gasteiger partial charge is 0.146 e. The summed E-state index contributed by atoms with van der Waals surface area (Å²) in [6.07, 6.45) is 2.71. The summed E-state index contributed by atoms with van der Waals surface area (Å²) in [4.78, 5) is 0. The van der Waals surface area contributed by atoms with Crippen molar-refractivity contribution in [3.63, 3.8) is 0 Å². The number of rotatable bonds is 2. The largest absolute Gasteiger partial charge is 0.403 e. The quantitative estimate of drug-likeness (QED) is 0.581. The molecule has 0 heterocycles. The lowest BCUT2D eigenvalue weighted by molar-refractivity contribution is 0.632. The molecule has 0 aliphatic rings. The molecule has 0 aliphatic heterocycles. The molecule has 1 aromatic rings. The second-order valence-corrected chi connectivity index (χ2v) is 2.24. The van der Waals surface area contributed by atoms with Gasteiger partial charge in [-0.05, 0) is 18.2 Å². The predicted molar refractivity (Wildman–Crippen MR) is 47.8 cm³/mol. The van der Waals surface area contributed by atoms with E-state index in [1.807, 2.05) is 0 Å². The lowest BCUT2D eigenvalue weighted by Crippen LogP contribution is -1.95. The lowest BCUT2D eigenvalue weighted by Gasteiger charge is -2.02. The average molecular weight is 167 g/mol. The molecule has 0 saturated carbocycles. The molecule has 0 atom stereocenters. The monoisotopic (exact) mass is 167 g/mol. The van der Waals surface area contributed by atoms with Crippen LogP contribution in [0.4, 0.5) is 15.8 Å². The molecule has 4 heteroatoms. The molecule has 0 fully saturated rings. The topological polar surface area (TPSA) is 64.1 Å². The maximum Gasteiger partial charge on any atom is 0.146 e. The third-order valence-corrected chi connectivity index (χ3v) is 1.33. The first-order chi connectivity index (χ1) is 5.74. The summed E-state index contributed by atoms with van der Waals surface area (Å²) in [6.45, 7) is 0. The molecular weight excluding hydrogens is 157 g/mol. The summed E-state index contributed by atoms with van der Waals surface area (Å²) in [6, 6.07) is 4.28. The fourth-order valence-electron chi connectivity index (χ4n) is 0.791. The van der Waals surface area contributed by atoms with Crippen LogP contribution in [0.25, 0.3) is 0 Å². The van der Waals surface area contributed by atoms with E-state index < -0.39 is 0 Å². The summed E-state index contributed by atoms with van der Waals surface area (Å²) in [5.74, 6) is -0.359. The van der Waals surface area contributed by atoms with Crippen molar-refractivity contribution >= 4 is 11.4 Å². The van der Waals surface area contributed by atoms with Crippen LogP contribution in [0.5, 0.6) is 0 Å². The first-order valence-corrected chi connectivity index (χ1v) is 3.42. The Morgan fingerprint density at radius 3 is 2.83 bits per heavy atom. The Bertz CT molecular complexity index is 296. The van der Waals surface area contributed by atoms with Gasteiger partial charge in [-0.15, -0.1) is 0 Å². The van der Waals surface area contributed by atoms with E-state index in [1.165, 1.54) is 30.6 Å². The Morgan fingerprint density at radius 1 is 1.42 bits per heavy atom. The highest BCUT2D eigenvalue weighted by molar-refractivity contribution is 5.56. The minimum absolute atomic E-state index is 0.316. The molecule has 0 aromatic heterocycles. The van der Waals surface area contributed by atoms with Crippen molar-refractivity contribution in [3.8, 4) is 0 Å². The zero-order valence-corrected chi connectivity index (χ0v) is 6.42. The molecule has 5 N–H and O–H groups in total. The molecule has 64 valence electrons. The van der Waals surface area contributed by atoms with E-state index in [-0.39, 0.29) is 5.82 Å². The number of nitrogens with two attached hydrogens (primary N) is 2. The van der Waals surface area contributed by atoms with Crippen LogP contribution in [-0.2, 0) is 0 Å². The van der Waals surface area contributed by atoms with E-state index in [2.05, 4.69) is 5.32 Å². The molecule has 12 heavy (non-hydrogen) atoms. The van der Waals surface area contributed by atoms with Crippen molar-refractivity contribution in [3.05, 3.63) is 36.4 Å². The molecule has 1 aromatic carbocycles. The maximum absolute atomic E-state index is 12.9. The number of hydrogen-bond donors (Lipinski definition) is 3. The molecule has 0 radical (unpaired) electrons. The average Bonchev–Trinajstić information content (AvgIpc) is 2.07. The summed E-state index contributed by atoms with van der Waals surface area (Å²) in [7, 11) is 0. The van der Waals surface area contributed by atoms with Crippen LogP contribution in [0.15, 0.2) is 30.6 Å². The second-order valence-electron chi connectivity index (χ2n) is 2.24. The summed E-state index contributed by atoms with van der Waals surface area (Å²) in [5.41, 5.74) is 11.3. The van der Waals surface area contributed by atoms with E-state index in [0.717, 1.165) is 0 Å². The lowest BCUT2D eigenvalue weighted by atomic mass is 10.3. The summed E-state index contributed by atoms with van der Waals surface area (Å²) < 4.78 is 12.9. The molecular formula is C8H10FN3. The van der Waals surface area contributed by atoms with Gasteiger partial charge in [0, 0.05) is 18.1 Å². The first kappa shape index (κ1) is 8.39. The Morgan fingerprint density at radius 2 is 2.17 bits per heavy atom. The minimum Gasteiger partial charge on any atom is -0.403 e. The third kappa shape index (κ3) is 1.88. The van der Waals surface area contributed by atoms with Crippen molar-refractivity contribution in [2.75, 3.05) is 11.1 Å². The van der Waals surface area contributed by atoms with Gasteiger partial charge in [0.2, 0.25) is 0 Å². The molecule has 0 bridgehead atoms. The normalized spacial score (nSPS) is 10.4. The van der Waals surface area contributed by atoms with Crippen LogP contribution < -0.4 is 16.8 Å². The van der Waals surface area contributed by atoms with Gasteiger partial charge in [-0.3, -0.25) is 0 Å². The van der Waals surface area contributed by atoms with Gasteiger partial charge >= 0.3 is 0 Å². The van der Waals surface area contributed by atoms with Crippen LogP contribution in [0, 0.1) is 5.82 Å². The van der Waals surface area contributed by atoms with Crippen LogP contribution in [0.3, 0.4) is 0 Å². The fraction of sp³-hybridized carbons (Fsp3) is 0. The van der Waals surface area contributed by atoms with Gasteiger partial charge in [-0.2, -0.15) is 0 Å². The SMILES string of the molecule is N/C=C\Nc1cc(N)ccc1F. The number of halogens is 1. The number of hydrogen-bond acceptors (Lipinski definition) is 3. The van der Waals surface area contributed by atoms with Gasteiger partial charge < -0.3 is 16.8 Å². The molecule has 1 rings (SSSR count). The zero-order chi connectivity index (χ0) is 8.97. The maximum atomic E-state index is 12.9. The van der Waals surface area contributed by atoms with Gasteiger partial charge in [0.15, 0.2) is 0 Å². The van der Waals surface area contributed by atoms with Gasteiger partial charge in [-0.25, -0.2) is 4.39 Å². The molecule has 0 spiro atoms. The molecule has 0 amide bonds. The van der Waals surface area contributed by atoms with E-state index in [4.69, 9.17) is 11.5 Å². The molecule has 3 nitrogen and oxygen atoms in total. The predicted octanol–water partition coefficient (Wildman–Crippen LogP) is 1.25. The number of benzene rings is 1. The number of nitrogen functional groups attached to an aromatic ring is 1. The van der Waals surface area contributed by atoms with Gasteiger partial charge in [0.05, 0.1) is 5.69 Å². The first-order valence-electron chi connectivity index (χ1n) is 3.42. The highest BCUT2D eigenvalue weighted by Crippen LogP contribution is 2.16. The van der Waals surface area contributed by atoms with Crippen molar-refractivity contribution in [1.29, 1.82) is 0 Å². The Kier molecular flexibility index (Phi) is 2.53. The van der Waals surface area contributed by atoms with E-state index >= 15 is 0 Å². The molecule has 0 unspecified atom stereocenters. The zero-order valence-electron chi connectivity index (χ0n) is 6.42. The second kappa shape index (κ2) is 3.61. The van der Waals surface area contributed by atoms with E-state index in [1.54, 1.807) is 0 Å². The summed E-state index contributed by atoms with van der Waals surface area (Å²) >= 11 is 0. The Balaban J connectivity index is 2.89.